The topological polar surface area (TPSA) is 72.5 Å². The lowest BCUT2D eigenvalue weighted by Crippen LogP contribution is -2.37. The minimum Gasteiger partial charge on any atom is -0.493 e. The number of aryl methyl sites for hydroxylation is 1. The molecule has 1 aromatic heterocycles. The van der Waals surface area contributed by atoms with Gasteiger partial charge in [0.2, 0.25) is 0 Å². The van der Waals surface area contributed by atoms with Gasteiger partial charge in [0.05, 0.1) is 25.9 Å². The highest BCUT2D eigenvalue weighted by atomic mass is 16.5. The average molecular weight is 315 g/mol. The number of nitrogens with zero attached hydrogens (tertiary/aromatic N) is 1. The van der Waals surface area contributed by atoms with E-state index < -0.39 is 0 Å². The molecule has 2 N–H and O–H groups in total. The second kappa shape index (κ2) is 8.63. The lowest BCUT2D eigenvalue weighted by molar-refractivity contribution is 0.235. The number of amides is 2. The van der Waals surface area contributed by atoms with Crippen LogP contribution < -0.4 is 20.1 Å². The second-order valence-electron chi connectivity index (χ2n) is 4.93. The number of benzene rings is 1. The minimum atomic E-state index is -0.255. The van der Waals surface area contributed by atoms with E-state index >= 15 is 0 Å². The van der Waals surface area contributed by atoms with E-state index in [2.05, 4.69) is 15.6 Å². The molecule has 0 unspecified atom stereocenters. The summed E-state index contributed by atoms with van der Waals surface area (Å²) in [6.45, 7) is 3.13. The van der Waals surface area contributed by atoms with Gasteiger partial charge in [0.25, 0.3) is 0 Å². The number of ether oxygens (including phenoxy) is 2. The molecule has 0 saturated carbocycles. The van der Waals surface area contributed by atoms with E-state index in [0.717, 1.165) is 11.3 Å². The molecule has 0 spiro atoms. The van der Waals surface area contributed by atoms with Crippen LogP contribution in [0.4, 0.5) is 4.79 Å². The van der Waals surface area contributed by atoms with Crippen LogP contribution in [0.25, 0.3) is 0 Å². The van der Waals surface area contributed by atoms with E-state index in [4.69, 9.17) is 9.47 Å². The first kappa shape index (κ1) is 16.6. The van der Waals surface area contributed by atoms with Crippen molar-refractivity contribution in [2.75, 3.05) is 20.3 Å². The summed E-state index contributed by atoms with van der Waals surface area (Å²) in [6, 6.07) is 11.0. The monoisotopic (exact) mass is 315 g/mol. The highest BCUT2D eigenvalue weighted by Crippen LogP contribution is 2.27. The molecule has 2 amide bonds. The molecule has 122 valence electrons. The Morgan fingerprint density at radius 3 is 2.78 bits per heavy atom. The molecule has 2 rings (SSSR count). The van der Waals surface area contributed by atoms with Gasteiger partial charge in [-0.05, 0) is 36.8 Å². The summed E-state index contributed by atoms with van der Waals surface area (Å²) < 4.78 is 10.9. The third-order valence-corrected chi connectivity index (χ3v) is 3.12. The van der Waals surface area contributed by atoms with Crippen LogP contribution in [-0.4, -0.2) is 31.3 Å². The minimum absolute atomic E-state index is 0.255. The second-order valence-corrected chi connectivity index (χ2v) is 4.93. The van der Waals surface area contributed by atoms with Gasteiger partial charge in [-0.25, -0.2) is 4.79 Å². The van der Waals surface area contributed by atoms with Crippen LogP contribution in [0.1, 0.15) is 11.3 Å². The van der Waals surface area contributed by atoms with Crippen molar-refractivity contribution in [3.05, 3.63) is 53.9 Å². The van der Waals surface area contributed by atoms with Gasteiger partial charge in [0, 0.05) is 6.20 Å². The van der Waals surface area contributed by atoms with Crippen LogP contribution in [0.2, 0.25) is 0 Å². The first-order valence-corrected chi connectivity index (χ1v) is 7.38. The maximum absolute atomic E-state index is 11.7. The quantitative estimate of drug-likeness (QED) is 0.769. The number of hydrogen-bond acceptors (Lipinski definition) is 4. The Labute approximate surface area is 135 Å². The zero-order valence-electron chi connectivity index (χ0n) is 13.3. The van der Waals surface area contributed by atoms with Crippen molar-refractivity contribution in [1.82, 2.24) is 15.6 Å². The maximum Gasteiger partial charge on any atom is 0.315 e. The molecule has 6 heteroatoms. The van der Waals surface area contributed by atoms with E-state index in [1.807, 2.05) is 43.3 Å². The van der Waals surface area contributed by atoms with Crippen molar-refractivity contribution >= 4 is 6.03 Å². The van der Waals surface area contributed by atoms with Gasteiger partial charge >= 0.3 is 6.03 Å². The zero-order valence-corrected chi connectivity index (χ0v) is 13.3. The average Bonchev–Trinajstić information content (AvgIpc) is 2.58. The smallest absolute Gasteiger partial charge is 0.315 e. The standard InChI is InChI=1S/C17H21N3O3/c1-13-6-7-15(16(11-13)22-2)23-10-9-19-17(21)20-12-14-5-3-4-8-18-14/h3-8,11H,9-10,12H2,1-2H3,(H2,19,20,21). The van der Waals surface area contributed by atoms with Gasteiger partial charge in [-0.15, -0.1) is 0 Å². The van der Waals surface area contributed by atoms with E-state index in [0.29, 0.717) is 31.2 Å². The van der Waals surface area contributed by atoms with Crippen LogP contribution in [0.3, 0.4) is 0 Å². The molecule has 0 fully saturated rings. The molecule has 23 heavy (non-hydrogen) atoms. The van der Waals surface area contributed by atoms with Crippen molar-refractivity contribution in [2.24, 2.45) is 0 Å². The number of urea groups is 1. The van der Waals surface area contributed by atoms with Crippen LogP contribution >= 0.6 is 0 Å². The largest absolute Gasteiger partial charge is 0.493 e. The number of rotatable bonds is 7. The fraction of sp³-hybridized carbons (Fsp3) is 0.294. The SMILES string of the molecule is COc1cc(C)ccc1OCCNC(=O)NCc1ccccn1. The first-order valence-electron chi connectivity index (χ1n) is 7.38. The molecule has 0 aliphatic carbocycles. The maximum atomic E-state index is 11.7. The summed E-state index contributed by atoms with van der Waals surface area (Å²) in [6.07, 6.45) is 1.69. The van der Waals surface area contributed by atoms with Crippen molar-refractivity contribution in [3.8, 4) is 11.5 Å². The van der Waals surface area contributed by atoms with Gasteiger partial charge < -0.3 is 20.1 Å². The Kier molecular flexibility index (Phi) is 6.23. The van der Waals surface area contributed by atoms with Gasteiger partial charge in [-0.1, -0.05) is 12.1 Å². The van der Waals surface area contributed by atoms with Crippen molar-refractivity contribution in [3.63, 3.8) is 0 Å². The number of carbonyl (C=O) groups is 1. The Morgan fingerprint density at radius 2 is 2.04 bits per heavy atom. The number of nitrogens with one attached hydrogen (secondary N) is 2. The highest BCUT2D eigenvalue weighted by Gasteiger charge is 2.05. The summed E-state index contributed by atoms with van der Waals surface area (Å²) in [4.78, 5) is 15.8. The number of hydrogen-bond donors (Lipinski definition) is 2. The summed E-state index contributed by atoms with van der Waals surface area (Å²) in [7, 11) is 1.60. The van der Waals surface area contributed by atoms with E-state index in [1.165, 1.54) is 0 Å². The molecule has 0 saturated heterocycles. The number of aromatic nitrogens is 1. The molecule has 6 nitrogen and oxygen atoms in total. The molecule has 1 aromatic carbocycles. The fourth-order valence-corrected chi connectivity index (χ4v) is 1.96. The van der Waals surface area contributed by atoms with E-state index in [1.54, 1.807) is 13.3 Å². The van der Waals surface area contributed by atoms with Crippen LogP contribution in [0.15, 0.2) is 42.6 Å². The van der Waals surface area contributed by atoms with Crippen LogP contribution in [0.5, 0.6) is 11.5 Å². The molecule has 0 aliphatic heterocycles. The molecule has 2 aromatic rings. The summed E-state index contributed by atoms with van der Waals surface area (Å²) in [5, 5.41) is 5.46. The predicted octanol–water partition coefficient (Wildman–Crippen LogP) is 2.28. The van der Waals surface area contributed by atoms with Crippen molar-refractivity contribution < 1.29 is 14.3 Å². The van der Waals surface area contributed by atoms with Gasteiger partial charge in [-0.2, -0.15) is 0 Å². The molecule has 1 heterocycles. The summed E-state index contributed by atoms with van der Waals surface area (Å²) >= 11 is 0. The van der Waals surface area contributed by atoms with E-state index in [-0.39, 0.29) is 6.03 Å². The Balaban J connectivity index is 1.68. The Bertz CT molecular complexity index is 632. The normalized spacial score (nSPS) is 10.0. The molecular formula is C17H21N3O3. The molecule has 0 atom stereocenters. The zero-order chi connectivity index (χ0) is 16.5. The van der Waals surface area contributed by atoms with Crippen molar-refractivity contribution in [2.45, 2.75) is 13.5 Å². The third-order valence-electron chi connectivity index (χ3n) is 3.12. The first-order chi connectivity index (χ1) is 11.2. The molecule has 0 bridgehead atoms. The van der Waals surface area contributed by atoms with E-state index in [9.17, 15) is 4.79 Å². The molecule has 0 aliphatic rings. The molecular weight excluding hydrogens is 294 g/mol. The van der Waals surface area contributed by atoms with Gasteiger partial charge in [-0.3, -0.25) is 4.98 Å². The summed E-state index contributed by atoms with van der Waals surface area (Å²) in [5.74, 6) is 1.35. The van der Waals surface area contributed by atoms with Crippen LogP contribution in [-0.2, 0) is 6.54 Å². The Morgan fingerprint density at radius 1 is 1.17 bits per heavy atom. The van der Waals surface area contributed by atoms with Crippen molar-refractivity contribution in [1.29, 1.82) is 0 Å². The van der Waals surface area contributed by atoms with Crippen LogP contribution in [0, 0.1) is 6.92 Å². The van der Waals surface area contributed by atoms with Gasteiger partial charge in [0.15, 0.2) is 11.5 Å². The van der Waals surface area contributed by atoms with Gasteiger partial charge in [0.1, 0.15) is 6.61 Å². The third kappa shape index (κ3) is 5.50. The molecule has 0 radical (unpaired) electrons. The number of pyridine rings is 1. The number of methoxy groups -OCH3 is 1. The summed E-state index contributed by atoms with van der Waals surface area (Å²) in [5.41, 5.74) is 1.91. The fourth-order valence-electron chi connectivity index (χ4n) is 1.96. The number of carbonyl (C=O) groups excluding carboxylic acids is 1. The lowest BCUT2D eigenvalue weighted by atomic mass is 10.2. The highest BCUT2D eigenvalue weighted by molar-refractivity contribution is 5.73. The lowest BCUT2D eigenvalue weighted by Gasteiger charge is -2.12. The predicted molar refractivity (Wildman–Crippen MR) is 87.7 cm³/mol. The Hall–Kier alpha value is -2.76.